The van der Waals surface area contributed by atoms with Crippen LogP contribution >= 0.6 is 11.3 Å². The van der Waals surface area contributed by atoms with Crippen LogP contribution in [0.5, 0.6) is 0 Å². The molecule has 1 aliphatic rings. The number of nitrogens with zero attached hydrogens (tertiary/aromatic N) is 1. The van der Waals surface area contributed by atoms with E-state index in [2.05, 4.69) is 28.1 Å². The first kappa shape index (κ1) is 11.1. The maximum Gasteiger partial charge on any atom is 0.116 e. The van der Waals surface area contributed by atoms with Gasteiger partial charge in [0, 0.05) is 11.3 Å². The Kier molecular flexibility index (Phi) is 2.91. The first-order valence-corrected chi connectivity index (χ1v) is 6.80. The van der Waals surface area contributed by atoms with E-state index in [1.54, 1.807) is 11.3 Å². The minimum atomic E-state index is -0.159. The molecule has 2 aromatic rings. The van der Waals surface area contributed by atoms with Crippen LogP contribution in [0.2, 0.25) is 0 Å². The van der Waals surface area contributed by atoms with Crippen LogP contribution in [0.4, 0.5) is 11.4 Å². The van der Waals surface area contributed by atoms with Gasteiger partial charge in [0.15, 0.2) is 0 Å². The highest BCUT2D eigenvalue weighted by atomic mass is 32.1. The zero-order chi connectivity index (χ0) is 12.4. The molecule has 90 valence electrons. The maximum absolute atomic E-state index is 9.22. The van der Waals surface area contributed by atoms with E-state index in [0.717, 1.165) is 17.8 Å². The summed E-state index contributed by atoms with van der Waals surface area (Å²) in [5, 5.41) is 18.1. The first-order valence-electron chi connectivity index (χ1n) is 5.92. The highest BCUT2D eigenvalue weighted by Gasteiger charge is 2.23. The molecule has 3 nitrogen and oxygen atoms in total. The van der Waals surface area contributed by atoms with Crippen molar-refractivity contribution in [3.05, 3.63) is 46.7 Å². The zero-order valence-corrected chi connectivity index (χ0v) is 10.6. The normalized spacial score (nSPS) is 21.9. The van der Waals surface area contributed by atoms with E-state index in [1.807, 2.05) is 30.3 Å². The summed E-state index contributed by atoms with van der Waals surface area (Å²) in [4.78, 5) is 1.27. The second-order valence-corrected chi connectivity index (χ2v) is 5.30. The zero-order valence-electron chi connectivity index (χ0n) is 9.76. The summed E-state index contributed by atoms with van der Waals surface area (Å²) in [6, 6.07) is 14.6. The molecule has 2 N–H and O–H groups in total. The molecular weight excluding hydrogens is 242 g/mol. The Hall–Kier alpha value is -1.99. The highest BCUT2D eigenvalue weighted by Crippen LogP contribution is 2.34. The summed E-state index contributed by atoms with van der Waals surface area (Å²) in [5.41, 5.74) is 2.07. The molecule has 3 rings (SSSR count). The number of rotatable bonds is 1. The lowest BCUT2D eigenvalue weighted by Crippen LogP contribution is -2.19. The molecule has 2 unspecified atom stereocenters. The molecule has 2 atom stereocenters. The van der Waals surface area contributed by atoms with Crippen molar-refractivity contribution in [2.24, 2.45) is 0 Å². The van der Waals surface area contributed by atoms with Crippen molar-refractivity contribution in [1.82, 2.24) is 0 Å². The van der Waals surface area contributed by atoms with Gasteiger partial charge < -0.3 is 10.6 Å². The SMILES string of the molecule is N#CC1CC(c2cccs2)Nc2ccccc2N1. The Morgan fingerprint density at radius 3 is 2.56 bits per heavy atom. The molecule has 0 radical (unpaired) electrons. The van der Waals surface area contributed by atoms with Crippen LogP contribution in [0.1, 0.15) is 17.3 Å². The third-order valence-corrected chi connectivity index (χ3v) is 4.09. The van der Waals surface area contributed by atoms with Crippen LogP contribution in [0.15, 0.2) is 41.8 Å². The summed E-state index contributed by atoms with van der Waals surface area (Å²) in [5.74, 6) is 0. The van der Waals surface area contributed by atoms with Gasteiger partial charge in [0.1, 0.15) is 6.04 Å². The molecule has 0 amide bonds. The summed E-state index contributed by atoms with van der Waals surface area (Å²) >= 11 is 1.73. The van der Waals surface area contributed by atoms with Gasteiger partial charge in [0.25, 0.3) is 0 Å². The Labute approximate surface area is 110 Å². The predicted octanol–water partition coefficient (Wildman–Crippen LogP) is 3.61. The number of hydrogen-bond acceptors (Lipinski definition) is 4. The van der Waals surface area contributed by atoms with Gasteiger partial charge in [-0.05, 0) is 23.6 Å². The first-order chi connectivity index (χ1) is 8.86. The van der Waals surface area contributed by atoms with E-state index in [9.17, 15) is 5.26 Å². The number of thiophene rings is 1. The summed E-state index contributed by atoms with van der Waals surface area (Å²) < 4.78 is 0. The van der Waals surface area contributed by atoms with Crippen molar-refractivity contribution in [2.75, 3.05) is 10.6 Å². The van der Waals surface area contributed by atoms with Gasteiger partial charge in [0.05, 0.1) is 23.5 Å². The summed E-state index contributed by atoms with van der Waals surface area (Å²) in [7, 11) is 0. The quantitative estimate of drug-likeness (QED) is 0.818. The molecule has 1 aromatic heterocycles. The largest absolute Gasteiger partial charge is 0.376 e. The molecule has 4 heteroatoms. The summed E-state index contributed by atoms with van der Waals surface area (Å²) in [6.07, 6.45) is 0.770. The fourth-order valence-electron chi connectivity index (χ4n) is 2.23. The average molecular weight is 255 g/mol. The molecule has 0 saturated heterocycles. The van der Waals surface area contributed by atoms with Crippen molar-refractivity contribution >= 4 is 22.7 Å². The van der Waals surface area contributed by atoms with Crippen molar-refractivity contribution in [1.29, 1.82) is 5.26 Å². The highest BCUT2D eigenvalue weighted by molar-refractivity contribution is 7.10. The second-order valence-electron chi connectivity index (χ2n) is 4.32. The van der Waals surface area contributed by atoms with Crippen molar-refractivity contribution in [3.8, 4) is 6.07 Å². The van der Waals surface area contributed by atoms with Gasteiger partial charge in [-0.15, -0.1) is 11.3 Å². The molecular formula is C14H13N3S. The fraction of sp³-hybridized carbons (Fsp3) is 0.214. The molecule has 0 fully saturated rings. The van der Waals surface area contributed by atoms with Crippen molar-refractivity contribution in [2.45, 2.75) is 18.5 Å². The van der Waals surface area contributed by atoms with Crippen LogP contribution in [0.3, 0.4) is 0 Å². The standard InChI is InChI=1S/C14H13N3S/c15-9-10-8-13(14-6-3-7-18-14)17-12-5-2-1-4-11(12)16-10/h1-7,10,13,16-17H,8H2. The molecule has 2 heterocycles. The van der Waals surface area contributed by atoms with Gasteiger partial charge in [-0.3, -0.25) is 0 Å². The Morgan fingerprint density at radius 2 is 1.89 bits per heavy atom. The monoisotopic (exact) mass is 255 g/mol. The molecule has 18 heavy (non-hydrogen) atoms. The smallest absolute Gasteiger partial charge is 0.116 e. The predicted molar refractivity (Wildman–Crippen MR) is 74.8 cm³/mol. The van der Waals surface area contributed by atoms with Gasteiger partial charge in [-0.1, -0.05) is 18.2 Å². The van der Waals surface area contributed by atoms with Crippen molar-refractivity contribution < 1.29 is 0 Å². The van der Waals surface area contributed by atoms with Crippen LogP contribution in [-0.4, -0.2) is 6.04 Å². The number of para-hydroxylation sites is 2. The van der Waals surface area contributed by atoms with E-state index in [-0.39, 0.29) is 12.1 Å². The number of nitrogens with one attached hydrogen (secondary N) is 2. The van der Waals surface area contributed by atoms with Gasteiger partial charge in [-0.25, -0.2) is 0 Å². The average Bonchev–Trinajstić information content (AvgIpc) is 2.86. The molecule has 1 aromatic carbocycles. The molecule has 0 spiro atoms. The van der Waals surface area contributed by atoms with Crippen LogP contribution in [-0.2, 0) is 0 Å². The van der Waals surface area contributed by atoms with Crippen LogP contribution in [0.25, 0.3) is 0 Å². The molecule has 1 aliphatic heterocycles. The Morgan fingerprint density at radius 1 is 1.11 bits per heavy atom. The third-order valence-electron chi connectivity index (χ3n) is 3.10. The van der Waals surface area contributed by atoms with Crippen molar-refractivity contribution in [3.63, 3.8) is 0 Å². The fourth-order valence-corrected chi connectivity index (χ4v) is 3.02. The van der Waals surface area contributed by atoms with E-state index in [4.69, 9.17) is 0 Å². The number of anilines is 2. The van der Waals surface area contributed by atoms with Crippen LogP contribution < -0.4 is 10.6 Å². The van der Waals surface area contributed by atoms with E-state index in [0.29, 0.717) is 0 Å². The van der Waals surface area contributed by atoms with E-state index >= 15 is 0 Å². The Bertz CT molecular complexity index is 571. The number of nitriles is 1. The van der Waals surface area contributed by atoms with Gasteiger partial charge in [-0.2, -0.15) is 5.26 Å². The molecule has 0 saturated carbocycles. The van der Waals surface area contributed by atoms with E-state index in [1.165, 1.54) is 4.88 Å². The summed E-state index contributed by atoms with van der Waals surface area (Å²) in [6.45, 7) is 0. The topological polar surface area (TPSA) is 47.9 Å². The molecule has 0 bridgehead atoms. The van der Waals surface area contributed by atoms with Gasteiger partial charge in [0.2, 0.25) is 0 Å². The third kappa shape index (κ3) is 2.05. The lowest BCUT2D eigenvalue weighted by molar-refractivity contribution is 0.685. The lowest BCUT2D eigenvalue weighted by atomic mass is 10.1. The lowest BCUT2D eigenvalue weighted by Gasteiger charge is -2.16. The number of benzene rings is 1. The molecule has 0 aliphatic carbocycles. The maximum atomic E-state index is 9.22. The number of hydrogen-bond donors (Lipinski definition) is 2. The Balaban J connectivity index is 1.97. The van der Waals surface area contributed by atoms with Gasteiger partial charge >= 0.3 is 0 Å². The van der Waals surface area contributed by atoms with Crippen LogP contribution in [0, 0.1) is 11.3 Å². The minimum absolute atomic E-state index is 0.159. The van der Waals surface area contributed by atoms with E-state index < -0.39 is 0 Å². The second kappa shape index (κ2) is 4.71. The number of fused-ring (bicyclic) bond motifs is 1. The minimum Gasteiger partial charge on any atom is -0.376 e.